The van der Waals surface area contributed by atoms with Gasteiger partial charge in [0, 0.05) is 11.6 Å². The van der Waals surface area contributed by atoms with Crippen LogP contribution in [0.15, 0.2) is 36.5 Å². The molecule has 7 heteroatoms. The molecule has 0 amide bonds. The quantitative estimate of drug-likeness (QED) is 0.641. The molecule has 2 aromatic rings. The average Bonchev–Trinajstić information content (AvgIpc) is 2.53. The molecule has 1 aromatic carbocycles. The van der Waals surface area contributed by atoms with Gasteiger partial charge in [-0.3, -0.25) is 10.1 Å². The van der Waals surface area contributed by atoms with Crippen molar-refractivity contribution in [1.82, 2.24) is 4.98 Å². The second kappa shape index (κ2) is 7.36. The van der Waals surface area contributed by atoms with Gasteiger partial charge < -0.3 is 9.84 Å². The fourth-order valence-electron chi connectivity index (χ4n) is 2.02. The molecule has 0 aliphatic heterocycles. The zero-order valence-corrected chi connectivity index (χ0v) is 13.2. The number of rotatable bonds is 6. The lowest BCUT2D eigenvalue weighted by atomic mass is 10.1. The summed E-state index contributed by atoms with van der Waals surface area (Å²) in [7, 11) is 0. The highest BCUT2D eigenvalue weighted by Crippen LogP contribution is 2.23. The molecule has 0 radical (unpaired) electrons. The number of carbonyl (C=O) groups is 1. The molecular formula is C17H16N2O5. The molecule has 0 bridgehead atoms. The molecule has 0 atom stereocenters. The number of carboxylic acids is 1. The summed E-state index contributed by atoms with van der Waals surface area (Å²) in [4.78, 5) is 25.2. The number of ether oxygens (including phenoxy) is 1. The largest absolute Gasteiger partial charge is 0.490 e. The van der Waals surface area contributed by atoms with Crippen LogP contribution >= 0.6 is 0 Å². The second-order valence-electron chi connectivity index (χ2n) is 5.23. The van der Waals surface area contributed by atoms with Crippen molar-refractivity contribution in [3.63, 3.8) is 0 Å². The lowest BCUT2D eigenvalue weighted by Gasteiger charge is -2.12. The zero-order valence-electron chi connectivity index (χ0n) is 13.2. The molecule has 0 spiro atoms. The summed E-state index contributed by atoms with van der Waals surface area (Å²) in [6, 6.07) is 8.28. The van der Waals surface area contributed by atoms with Crippen LogP contribution in [0.5, 0.6) is 5.75 Å². The van der Waals surface area contributed by atoms with Crippen LogP contribution in [0, 0.1) is 10.1 Å². The lowest BCUT2D eigenvalue weighted by Crippen LogP contribution is -2.06. The van der Waals surface area contributed by atoms with E-state index in [9.17, 15) is 20.0 Å². The van der Waals surface area contributed by atoms with Crippen molar-refractivity contribution >= 4 is 23.8 Å². The zero-order chi connectivity index (χ0) is 17.7. The van der Waals surface area contributed by atoms with Crippen molar-refractivity contribution in [2.75, 3.05) is 0 Å². The third-order valence-corrected chi connectivity index (χ3v) is 3.05. The highest BCUT2D eigenvalue weighted by atomic mass is 16.6. The fraction of sp³-hybridized carbons (Fsp3) is 0.176. The van der Waals surface area contributed by atoms with Crippen molar-refractivity contribution in [2.45, 2.75) is 20.0 Å². The maximum Gasteiger partial charge on any atom is 0.338 e. The minimum Gasteiger partial charge on any atom is -0.490 e. The van der Waals surface area contributed by atoms with Gasteiger partial charge in [0.2, 0.25) is 0 Å². The van der Waals surface area contributed by atoms with Crippen molar-refractivity contribution < 1.29 is 19.6 Å². The molecule has 0 aliphatic rings. The molecule has 0 saturated heterocycles. The number of hydrogen-bond donors (Lipinski definition) is 1. The van der Waals surface area contributed by atoms with E-state index in [1.54, 1.807) is 12.1 Å². The van der Waals surface area contributed by atoms with Gasteiger partial charge in [-0.2, -0.15) is 0 Å². The maximum atomic E-state index is 11.3. The van der Waals surface area contributed by atoms with Crippen LogP contribution in [0.25, 0.3) is 12.2 Å². The SMILES string of the molecule is CC(C)Oc1ccccc1C=Cc1ncc([N+](=O)[O-])cc1C(=O)O. The number of nitro groups is 1. The van der Waals surface area contributed by atoms with Crippen molar-refractivity contribution in [3.8, 4) is 5.75 Å². The van der Waals surface area contributed by atoms with Crippen LogP contribution in [-0.2, 0) is 0 Å². The van der Waals surface area contributed by atoms with Gasteiger partial charge in [0.1, 0.15) is 11.9 Å². The van der Waals surface area contributed by atoms with Gasteiger partial charge in [0.05, 0.1) is 22.3 Å². The maximum absolute atomic E-state index is 11.3. The van der Waals surface area contributed by atoms with Gasteiger partial charge in [-0.25, -0.2) is 9.78 Å². The number of aromatic carboxylic acids is 1. The van der Waals surface area contributed by atoms with Crippen LogP contribution in [0.1, 0.15) is 35.5 Å². The molecular weight excluding hydrogens is 312 g/mol. The summed E-state index contributed by atoms with van der Waals surface area (Å²) < 4.78 is 5.68. The molecule has 1 heterocycles. The number of aromatic nitrogens is 1. The predicted octanol–water partition coefficient (Wildman–Crippen LogP) is 3.65. The minimum absolute atomic E-state index is 0.00775. The Balaban J connectivity index is 2.39. The second-order valence-corrected chi connectivity index (χ2v) is 5.23. The molecule has 1 N–H and O–H groups in total. The normalized spacial score (nSPS) is 11.0. The molecule has 7 nitrogen and oxygen atoms in total. The first-order valence-electron chi connectivity index (χ1n) is 7.20. The first-order chi connectivity index (χ1) is 11.4. The standard InChI is InChI=1S/C17H16N2O5/c1-11(2)24-16-6-4-3-5-12(16)7-8-15-14(17(20)21)9-13(10-18-15)19(22)23/h3-11H,1-2H3,(H,20,21). The highest BCUT2D eigenvalue weighted by molar-refractivity contribution is 5.93. The minimum atomic E-state index is -1.28. The van der Waals surface area contributed by atoms with Gasteiger partial charge in [-0.15, -0.1) is 0 Å². The Kier molecular flexibility index (Phi) is 5.26. The third kappa shape index (κ3) is 4.16. The van der Waals surface area contributed by atoms with Gasteiger partial charge in [0.15, 0.2) is 0 Å². The highest BCUT2D eigenvalue weighted by Gasteiger charge is 2.16. The van der Waals surface area contributed by atoms with Crippen LogP contribution in [0.4, 0.5) is 5.69 Å². The molecule has 0 fully saturated rings. The molecule has 124 valence electrons. The number of benzene rings is 1. The van der Waals surface area contributed by atoms with E-state index in [0.717, 1.165) is 17.8 Å². The van der Waals surface area contributed by atoms with E-state index >= 15 is 0 Å². The summed E-state index contributed by atoms with van der Waals surface area (Å²) in [5.74, 6) is -0.625. The molecule has 0 saturated carbocycles. The Morgan fingerprint density at radius 3 is 2.67 bits per heavy atom. The van der Waals surface area contributed by atoms with Crippen LogP contribution in [-0.4, -0.2) is 27.1 Å². The molecule has 0 unspecified atom stereocenters. The number of carboxylic acid groups (broad SMARTS) is 1. The third-order valence-electron chi connectivity index (χ3n) is 3.05. The summed E-state index contributed by atoms with van der Waals surface area (Å²) in [6.45, 7) is 3.81. The molecule has 0 aliphatic carbocycles. The van der Waals surface area contributed by atoms with E-state index in [1.807, 2.05) is 32.0 Å². The van der Waals surface area contributed by atoms with Gasteiger partial charge in [-0.05, 0) is 32.1 Å². The number of para-hydroxylation sites is 1. The number of hydrogen-bond acceptors (Lipinski definition) is 5. The van der Waals surface area contributed by atoms with Crippen LogP contribution in [0.2, 0.25) is 0 Å². The predicted molar refractivity (Wildman–Crippen MR) is 89.0 cm³/mol. The topological polar surface area (TPSA) is 103 Å². The van der Waals surface area contributed by atoms with E-state index < -0.39 is 10.9 Å². The Labute approximate surface area is 138 Å². The Morgan fingerprint density at radius 1 is 1.33 bits per heavy atom. The fourth-order valence-corrected chi connectivity index (χ4v) is 2.02. The van der Waals surface area contributed by atoms with E-state index in [0.29, 0.717) is 5.75 Å². The first-order valence-corrected chi connectivity index (χ1v) is 7.20. The van der Waals surface area contributed by atoms with Gasteiger partial charge >= 0.3 is 5.97 Å². The number of nitrogens with zero attached hydrogens (tertiary/aromatic N) is 2. The molecule has 2 rings (SSSR count). The Hall–Kier alpha value is -3.22. The molecule has 24 heavy (non-hydrogen) atoms. The van der Waals surface area contributed by atoms with Crippen LogP contribution in [0.3, 0.4) is 0 Å². The summed E-state index contributed by atoms with van der Waals surface area (Å²) in [6.07, 6.45) is 4.18. The van der Waals surface area contributed by atoms with E-state index in [4.69, 9.17) is 4.74 Å². The van der Waals surface area contributed by atoms with E-state index in [2.05, 4.69) is 4.98 Å². The summed E-state index contributed by atoms with van der Waals surface area (Å²) >= 11 is 0. The molecule has 1 aromatic heterocycles. The van der Waals surface area contributed by atoms with Crippen molar-refractivity contribution in [3.05, 3.63) is 63.5 Å². The average molecular weight is 328 g/mol. The Morgan fingerprint density at radius 2 is 2.04 bits per heavy atom. The van der Waals surface area contributed by atoms with Crippen molar-refractivity contribution in [1.29, 1.82) is 0 Å². The number of pyridine rings is 1. The monoisotopic (exact) mass is 328 g/mol. The van der Waals surface area contributed by atoms with Crippen molar-refractivity contribution in [2.24, 2.45) is 0 Å². The Bertz CT molecular complexity index is 799. The smallest absolute Gasteiger partial charge is 0.338 e. The first kappa shape index (κ1) is 17.1. The van der Waals surface area contributed by atoms with E-state index in [1.165, 1.54) is 6.08 Å². The van der Waals surface area contributed by atoms with Gasteiger partial charge in [-0.1, -0.05) is 18.2 Å². The summed E-state index contributed by atoms with van der Waals surface area (Å²) in [5.41, 5.74) is 0.283. The van der Waals surface area contributed by atoms with Crippen LogP contribution < -0.4 is 4.74 Å². The van der Waals surface area contributed by atoms with E-state index in [-0.39, 0.29) is 23.0 Å². The summed E-state index contributed by atoms with van der Waals surface area (Å²) in [5, 5.41) is 20.0. The lowest BCUT2D eigenvalue weighted by molar-refractivity contribution is -0.385. The van der Waals surface area contributed by atoms with Gasteiger partial charge in [0.25, 0.3) is 5.69 Å².